The molecule has 0 aliphatic rings. The number of aryl methyl sites for hydroxylation is 1. The lowest BCUT2D eigenvalue weighted by Gasteiger charge is -1.87. The molecule has 16 heavy (non-hydrogen) atoms. The Hall–Kier alpha value is -1.75. The molecule has 0 atom stereocenters. The predicted molar refractivity (Wildman–Crippen MR) is 64.1 cm³/mol. The number of benzene rings is 1. The average molecular weight is 234 g/mol. The van der Waals surface area contributed by atoms with Crippen molar-refractivity contribution in [3.05, 3.63) is 51.7 Å². The Morgan fingerprint density at radius 3 is 3.00 bits per heavy atom. The van der Waals surface area contributed by atoms with Gasteiger partial charge in [0.1, 0.15) is 0 Å². The fourth-order valence-corrected chi connectivity index (χ4v) is 2.38. The van der Waals surface area contributed by atoms with E-state index in [2.05, 4.69) is 4.98 Å². The van der Waals surface area contributed by atoms with E-state index in [-0.39, 0.29) is 0 Å². The maximum Gasteiger partial charge on any atom is 0.230 e. The van der Waals surface area contributed by atoms with Gasteiger partial charge in [0.25, 0.3) is 0 Å². The van der Waals surface area contributed by atoms with Crippen molar-refractivity contribution >= 4 is 21.6 Å². The third-order valence-electron chi connectivity index (χ3n) is 2.09. The second kappa shape index (κ2) is 4.85. The molecular formula is C11H10N2O2S. The van der Waals surface area contributed by atoms with Crippen molar-refractivity contribution in [2.24, 2.45) is 0 Å². The highest BCUT2D eigenvalue weighted by molar-refractivity contribution is 7.18. The first-order chi connectivity index (χ1) is 7.75. The lowest BCUT2D eigenvalue weighted by molar-refractivity contribution is -0.402. The molecule has 0 saturated heterocycles. The molecule has 1 aromatic heterocycles. The van der Waals surface area contributed by atoms with E-state index in [1.807, 2.05) is 24.3 Å². The van der Waals surface area contributed by atoms with E-state index in [4.69, 9.17) is 0 Å². The number of rotatable bonds is 4. The molecule has 0 saturated carbocycles. The maximum atomic E-state index is 10.1. The van der Waals surface area contributed by atoms with E-state index in [1.165, 1.54) is 0 Å². The number of nitrogens with zero attached hydrogens (tertiary/aromatic N) is 2. The van der Waals surface area contributed by atoms with Crippen molar-refractivity contribution in [3.8, 4) is 0 Å². The van der Waals surface area contributed by atoms with Crippen LogP contribution >= 0.6 is 11.3 Å². The van der Waals surface area contributed by atoms with Crippen molar-refractivity contribution in [1.82, 2.24) is 4.98 Å². The highest BCUT2D eigenvalue weighted by Crippen LogP contribution is 2.22. The van der Waals surface area contributed by atoms with Gasteiger partial charge in [0.15, 0.2) is 0 Å². The summed E-state index contributed by atoms with van der Waals surface area (Å²) >= 11 is 1.64. The van der Waals surface area contributed by atoms with Crippen LogP contribution in [0.1, 0.15) is 11.4 Å². The summed E-state index contributed by atoms with van der Waals surface area (Å²) in [6.07, 6.45) is 3.95. The second-order valence-electron chi connectivity index (χ2n) is 3.28. The Kier molecular flexibility index (Phi) is 3.26. The van der Waals surface area contributed by atoms with Crippen molar-refractivity contribution in [2.75, 3.05) is 0 Å². The quantitative estimate of drug-likeness (QED) is 0.603. The van der Waals surface area contributed by atoms with Crippen LogP contribution in [0.3, 0.4) is 0 Å². The fourth-order valence-electron chi connectivity index (χ4n) is 1.39. The molecule has 82 valence electrons. The molecule has 1 aromatic carbocycles. The number of hydrogen-bond donors (Lipinski definition) is 0. The molecule has 2 aromatic rings. The number of aromatic nitrogens is 1. The predicted octanol–water partition coefficient (Wildman–Crippen LogP) is 3.02. The molecule has 0 fully saturated rings. The van der Waals surface area contributed by atoms with Crippen molar-refractivity contribution in [3.63, 3.8) is 0 Å². The van der Waals surface area contributed by atoms with Gasteiger partial charge in [-0.05, 0) is 24.6 Å². The van der Waals surface area contributed by atoms with Crippen LogP contribution in [0.5, 0.6) is 0 Å². The van der Waals surface area contributed by atoms with E-state index in [0.717, 1.165) is 27.8 Å². The third kappa shape index (κ3) is 2.64. The molecule has 5 heteroatoms. The number of fused-ring (bicyclic) bond motifs is 1. The van der Waals surface area contributed by atoms with E-state index in [0.29, 0.717) is 6.42 Å². The van der Waals surface area contributed by atoms with Crippen LogP contribution in [0.4, 0.5) is 0 Å². The monoisotopic (exact) mass is 234 g/mol. The van der Waals surface area contributed by atoms with Crippen LogP contribution < -0.4 is 0 Å². The fraction of sp³-hybridized carbons (Fsp3) is 0.182. The average Bonchev–Trinajstić information content (AvgIpc) is 2.66. The minimum Gasteiger partial charge on any atom is -0.259 e. The molecule has 0 radical (unpaired) electrons. The van der Waals surface area contributed by atoms with Crippen LogP contribution in [0.2, 0.25) is 0 Å². The van der Waals surface area contributed by atoms with Gasteiger partial charge in [0.05, 0.1) is 20.1 Å². The van der Waals surface area contributed by atoms with Crippen LogP contribution in [-0.4, -0.2) is 9.91 Å². The van der Waals surface area contributed by atoms with Gasteiger partial charge in [-0.1, -0.05) is 12.1 Å². The Morgan fingerprint density at radius 2 is 2.25 bits per heavy atom. The maximum absolute atomic E-state index is 10.1. The Balaban J connectivity index is 2.02. The van der Waals surface area contributed by atoms with Crippen LogP contribution in [0.25, 0.3) is 10.2 Å². The zero-order valence-electron chi connectivity index (χ0n) is 8.50. The Labute approximate surface area is 96.4 Å². The molecule has 4 nitrogen and oxygen atoms in total. The topological polar surface area (TPSA) is 56.0 Å². The third-order valence-corrected chi connectivity index (χ3v) is 3.19. The highest BCUT2D eigenvalue weighted by Gasteiger charge is 2.01. The van der Waals surface area contributed by atoms with E-state index < -0.39 is 4.92 Å². The summed E-state index contributed by atoms with van der Waals surface area (Å²) in [5, 5.41) is 11.1. The number of hydrogen-bond acceptors (Lipinski definition) is 4. The van der Waals surface area contributed by atoms with Crippen molar-refractivity contribution in [2.45, 2.75) is 12.8 Å². The standard InChI is InChI=1S/C11H10N2O2S/c14-13(15)8-4-3-7-11-12-9-5-1-2-6-10(9)16-11/h1-2,4-6,8H,3,7H2/b8-4+. The first-order valence-electron chi connectivity index (χ1n) is 4.90. The van der Waals surface area contributed by atoms with Crippen molar-refractivity contribution in [1.29, 1.82) is 0 Å². The minimum atomic E-state index is -0.446. The highest BCUT2D eigenvalue weighted by atomic mass is 32.1. The number of nitro groups is 1. The number of thiazole rings is 1. The smallest absolute Gasteiger partial charge is 0.230 e. The van der Waals surface area contributed by atoms with Gasteiger partial charge in [-0.25, -0.2) is 4.98 Å². The Bertz CT molecular complexity index is 501. The SMILES string of the molecule is O=[N+]([O-])/C=C/CCc1nc2ccccc2s1. The van der Waals surface area contributed by atoms with Gasteiger partial charge in [-0.15, -0.1) is 11.3 Å². The van der Waals surface area contributed by atoms with Gasteiger partial charge >= 0.3 is 0 Å². The minimum absolute atomic E-state index is 0.446. The molecular weight excluding hydrogens is 224 g/mol. The van der Waals surface area contributed by atoms with E-state index in [1.54, 1.807) is 17.4 Å². The van der Waals surface area contributed by atoms with Gasteiger partial charge in [0.2, 0.25) is 6.20 Å². The molecule has 0 aliphatic heterocycles. The lowest BCUT2D eigenvalue weighted by atomic mass is 10.3. The molecule has 0 unspecified atom stereocenters. The molecule has 2 rings (SSSR count). The molecule has 0 aliphatic carbocycles. The summed E-state index contributed by atoms with van der Waals surface area (Å²) in [5.41, 5.74) is 1.00. The van der Waals surface area contributed by atoms with Gasteiger partial charge in [0, 0.05) is 6.42 Å². The first kappa shape index (κ1) is 10.8. The summed E-state index contributed by atoms with van der Waals surface area (Å²) in [7, 11) is 0. The molecule has 0 spiro atoms. The summed E-state index contributed by atoms with van der Waals surface area (Å²) in [4.78, 5) is 14.1. The number of para-hydroxylation sites is 1. The van der Waals surface area contributed by atoms with Crippen LogP contribution in [0.15, 0.2) is 36.5 Å². The van der Waals surface area contributed by atoms with E-state index in [9.17, 15) is 10.1 Å². The van der Waals surface area contributed by atoms with Gasteiger partial charge < -0.3 is 0 Å². The lowest BCUT2D eigenvalue weighted by Crippen LogP contribution is -1.84. The summed E-state index contributed by atoms with van der Waals surface area (Å²) < 4.78 is 1.16. The van der Waals surface area contributed by atoms with Crippen molar-refractivity contribution < 1.29 is 4.92 Å². The molecule has 0 bridgehead atoms. The van der Waals surface area contributed by atoms with Gasteiger partial charge in [-0.2, -0.15) is 0 Å². The zero-order chi connectivity index (χ0) is 11.4. The second-order valence-corrected chi connectivity index (χ2v) is 4.40. The zero-order valence-corrected chi connectivity index (χ0v) is 9.31. The summed E-state index contributed by atoms with van der Waals surface area (Å²) in [6, 6.07) is 7.95. The van der Waals surface area contributed by atoms with Crippen LogP contribution in [0, 0.1) is 10.1 Å². The largest absolute Gasteiger partial charge is 0.259 e. The summed E-state index contributed by atoms with van der Waals surface area (Å²) in [5.74, 6) is 0. The van der Waals surface area contributed by atoms with Gasteiger partial charge in [-0.3, -0.25) is 10.1 Å². The summed E-state index contributed by atoms with van der Waals surface area (Å²) in [6.45, 7) is 0. The normalized spacial score (nSPS) is 11.2. The molecule has 0 N–H and O–H groups in total. The Morgan fingerprint density at radius 1 is 1.44 bits per heavy atom. The number of allylic oxidation sites excluding steroid dienone is 1. The molecule has 1 heterocycles. The van der Waals surface area contributed by atoms with Crippen LogP contribution in [-0.2, 0) is 6.42 Å². The van der Waals surface area contributed by atoms with E-state index >= 15 is 0 Å². The molecule has 0 amide bonds. The first-order valence-corrected chi connectivity index (χ1v) is 5.72.